The summed E-state index contributed by atoms with van der Waals surface area (Å²) < 4.78 is 0. The molecule has 0 saturated carbocycles. The van der Waals surface area contributed by atoms with E-state index in [0.717, 1.165) is 28.6 Å². The van der Waals surface area contributed by atoms with Gasteiger partial charge in [0, 0.05) is 36.2 Å². The standard InChI is InChI=1S/C25H28N4O2/c1-24(2)21-13-17-16(22(30)26-4)6-5-7-18(17)25(24,3)10-11-29(21)23(31)15-8-9-19-20(12-15)28-14-27-19/h5-9,12,14,21H,10-11,13H2,1-4H3,(H,26,30)(H,27,28)/t21?,25-/m0/s1. The number of aromatic amines is 1. The van der Waals surface area contributed by atoms with Crippen molar-refractivity contribution < 1.29 is 9.59 Å². The highest BCUT2D eigenvalue weighted by Crippen LogP contribution is 2.56. The van der Waals surface area contributed by atoms with E-state index in [9.17, 15) is 9.59 Å². The number of rotatable bonds is 2. The van der Waals surface area contributed by atoms with Gasteiger partial charge in [-0.2, -0.15) is 0 Å². The highest BCUT2D eigenvalue weighted by molar-refractivity contribution is 5.98. The van der Waals surface area contributed by atoms with E-state index in [1.54, 1.807) is 13.4 Å². The minimum Gasteiger partial charge on any atom is -0.355 e. The van der Waals surface area contributed by atoms with Crippen LogP contribution in [0.4, 0.5) is 0 Å². The zero-order valence-corrected chi connectivity index (χ0v) is 18.5. The maximum absolute atomic E-state index is 13.7. The summed E-state index contributed by atoms with van der Waals surface area (Å²) in [5.74, 6) is -0.0294. The van der Waals surface area contributed by atoms with Gasteiger partial charge >= 0.3 is 0 Å². The number of H-pyrrole nitrogens is 1. The largest absolute Gasteiger partial charge is 0.355 e. The normalized spacial score (nSPS) is 24.0. The summed E-state index contributed by atoms with van der Waals surface area (Å²) in [6, 6.07) is 11.7. The van der Waals surface area contributed by atoms with Crippen LogP contribution in [0.5, 0.6) is 0 Å². The van der Waals surface area contributed by atoms with Crippen LogP contribution in [0, 0.1) is 5.41 Å². The first-order chi connectivity index (χ1) is 14.8. The summed E-state index contributed by atoms with van der Waals surface area (Å²) >= 11 is 0. The Morgan fingerprint density at radius 3 is 2.77 bits per heavy atom. The van der Waals surface area contributed by atoms with Gasteiger partial charge in [-0.25, -0.2) is 4.98 Å². The molecule has 3 aromatic rings. The molecule has 6 heteroatoms. The molecule has 2 N–H and O–H groups in total. The van der Waals surface area contributed by atoms with Crippen LogP contribution >= 0.6 is 0 Å². The highest BCUT2D eigenvalue weighted by atomic mass is 16.2. The molecule has 1 aliphatic heterocycles. The zero-order valence-electron chi connectivity index (χ0n) is 18.5. The van der Waals surface area contributed by atoms with Gasteiger partial charge in [-0.1, -0.05) is 32.9 Å². The minimum absolute atomic E-state index is 0.00881. The fourth-order valence-corrected chi connectivity index (χ4v) is 5.77. The van der Waals surface area contributed by atoms with Crippen molar-refractivity contribution in [1.82, 2.24) is 20.2 Å². The van der Waals surface area contributed by atoms with E-state index in [-0.39, 0.29) is 28.7 Å². The molecular weight excluding hydrogens is 388 g/mol. The number of amides is 2. The molecule has 1 saturated heterocycles. The summed E-state index contributed by atoms with van der Waals surface area (Å²) in [4.78, 5) is 35.6. The van der Waals surface area contributed by atoms with E-state index >= 15 is 0 Å². The van der Waals surface area contributed by atoms with E-state index in [0.29, 0.717) is 18.5 Å². The van der Waals surface area contributed by atoms with Gasteiger partial charge in [0.15, 0.2) is 0 Å². The lowest BCUT2D eigenvalue weighted by Crippen LogP contribution is -2.65. The first-order valence-corrected chi connectivity index (χ1v) is 10.9. The van der Waals surface area contributed by atoms with Crippen molar-refractivity contribution >= 4 is 22.8 Å². The molecule has 2 heterocycles. The number of hydrogen-bond acceptors (Lipinski definition) is 3. The Labute approximate surface area is 182 Å². The van der Waals surface area contributed by atoms with Crippen LogP contribution in [0.25, 0.3) is 11.0 Å². The third-order valence-corrected chi connectivity index (χ3v) is 8.05. The molecular formula is C25H28N4O2. The lowest BCUT2D eigenvalue weighted by Gasteiger charge is -2.61. The summed E-state index contributed by atoms with van der Waals surface area (Å²) in [6.45, 7) is 7.54. The molecule has 1 fully saturated rings. The monoisotopic (exact) mass is 416 g/mol. The maximum Gasteiger partial charge on any atom is 0.254 e. The molecule has 1 aromatic heterocycles. The predicted molar refractivity (Wildman–Crippen MR) is 120 cm³/mol. The van der Waals surface area contributed by atoms with Crippen molar-refractivity contribution in [3.63, 3.8) is 0 Å². The van der Waals surface area contributed by atoms with Gasteiger partial charge in [0.1, 0.15) is 0 Å². The van der Waals surface area contributed by atoms with Gasteiger partial charge in [-0.05, 0) is 53.6 Å². The molecule has 0 radical (unpaired) electrons. The molecule has 2 aliphatic rings. The van der Waals surface area contributed by atoms with Crippen LogP contribution in [0.15, 0.2) is 42.7 Å². The van der Waals surface area contributed by atoms with E-state index in [2.05, 4.69) is 42.1 Å². The molecule has 1 unspecified atom stereocenters. The number of likely N-dealkylation sites (tertiary alicyclic amines) is 1. The Hall–Kier alpha value is -3.15. The predicted octanol–water partition coefficient (Wildman–Crippen LogP) is 3.68. The molecule has 2 amide bonds. The molecule has 0 spiro atoms. The van der Waals surface area contributed by atoms with Crippen molar-refractivity contribution in [3.05, 3.63) is 65.0 Å². The van der Waals surface area contributed by atoms with Gasteiger partial charge in [0.2, 0.25) is 0 Å². The summed E-state index contributed by atoms with van der Waals surface area (Å²) in [7, 11) is 1.67. The first kappa shape index (κ1) is 19.8. The van der Waals surface area contributed by atoms with Crippen molar-refractivity contribution in [2.24, 2.45) is 5.41 Å². The Kier molecular flexibility index (Phi) is 4.26. The summed E-state index contributed by atoms with van der Waals surface area (Å²) in [5.41, 5.74) is 5.19. The number of benzene rings is 2. The van der Waals surface area contributed by atoms with Crippen molar-refractivity contribution in [1.29, 1.82) is 0 Å². The molecule has 2 atom stereocenters. The van der Waals surface area contributed by atoms with Gasteiger partial charge in [0.25, 0.3) is 11.8 Å². The highest BCUT2D eigenvalue weighted by Gasteiger charge is 2.57. The zero-order chi connectivity index (χ0) is 22.0. The molecule has 6 nitrogen and oxygen atoms in total. The van der Waals surface area contributed by atoms with Crippen LogP contribution in [0.1, 0.15) is 59.0 Å². The molecule has 160 valence electrons. The van der Waals surface area contributed by atoms with E-state index in [1.807, 2.05) is 35.2 Å². The summed E-state index contributed by atoms with van der Waals surface area (Å²) in [5, 5.41) is 2.78. The number of carbonyl (C=O) groups excluding carboxylic acids is 2. The molecule has 2 bridgehead atoms. The van der Waals surface area contributed by atoms with E-state index < -0.39 is 0 Å². The van der Waals surface area contributed by atoms with Crippen LogP contribution in [-0.2, 0) is 11.8 Å². The quantitative estimate of drug-likeness (QED) is 0.669. The summed E-state index contributed by atoms with van der Waals surface area (Å²) in [6.07, 6.45) is 3.19. The van der Waals surface area contributed by atoms with E-state index in [4.69, 9.17) is 0 Å². The second kappa shape index (κ2) is 6.67. The minimum atomic E-state index is -0.132. The van der Waals surface area contributed by atoms with E-state index in [1.165, 1.54) is 5.56 Å². The second-order valence-corrected chi connectivity index (χ2v) is 9.57. The third kappa shape index (κ3) is 2.67. The number of hydrogen-bond donors (Lipinski definition) is 2. The topological polar surface area (TPSA) is 78.1 Å². The molecule has 1 aliphatic carbocycles. The number of nitrogens with one attached hydrogen (secondary N) is 2. The smallest absolute Gasteiger partial charge is 0.254 e. The third-order valence-electron chi connectivity index (χ3n) is 8.05. The molecule has 31 heavy (non-hydrogen) atoms. The van der Waals surface area contributed by atoms with Gasteiger partial charge in [-0.3, -0.25) is 9.59 Å². The maximum atomic E-state index is 13.7. The van der Waals surface area contributed by atoms with Gasteiger partial charge in [-0.15, -0.1) is 0 Å². The number of aromatic nitrogens is 2. The molecule has 5 rings (SSSR count). The van der Waals surface area contributed by atoms with Crippen molar-refractivity contribution in [3.8, 4) is 0 Å². The van der Waals surface area contributed by atoms with Crippen LogP contribution < -0.4 is 5.32 Å². The Balaban J connectivity index is 1.59. The molecule has 2 aromatic carbocycles. The van der Waals surface area contributed by atoms with Crippen molar-refractivity contribution in [2.75, 3.05) is 13.6 Å². The van der Waals surface area contributed by atoms with Crippen molar-refractivity contribution in [2.45, 2.75) is 45.1 Å². The lowest BCUT2D eigenvalue weighted by molar-refractivity contribution is -0.0263. The van der Waals surface area contributed by atoms with Crippen LogP contribution in [0.3, 0.4) is 0 Å². The first-order valence-electron chi connectivity index (χ1n) is 10.9. The SMILES string of the molecule is CNC(=O)c1cccc2c1CC1N(C(=O)c3ccc4nc[nH]c4c3)CC[C@]2(C)C1(C)C. The number of piperidine rings is 1. The van der Waals surface area contributed by atoms with Gasteiger partial charge in [0.05, 0.1) is 17.4 Å². The van der Waals surface area contributed by atoms with Gasteiger partial charge < -0.3 is 15.2 Å². The number of carbonyl (C=O) groups is 2. The number of imidazole rings is 1. The Morgan fingerprint density at radius 2 is 2.00 bits per heavy atom. The van der Waals surface area contributed by atoms with Crippen LogP contribution in [0.2, 0.25) is 0 Å². The Bertz CT molecular complexity index is 1210. The van der Waals surface area contributed by atoms with Crippen LogP contribution in [-0.4, -0.2) is 46.3 Å². The second-order valence-electron chi connectivity index (χ2n) is 9.57. The fourth-order valence-electron chi connectivity index (χ4n) is 5.77. The average Bonchev–Trinajstić information content (AvgIpc) is 3.23. The average molecular weight is 417 g/mol. The number of nitrogens with zero attached hydrogens (tertiary/aromatic N) is 2. The number of fused-ring (bicyclic) bond motifs is 5. The fraction of sp³-hybridized carbons (Fsp3) is 0.400. The Morgan fingerprint density at radius 1 is 1.19 bits per heavy atom. The lowest BCUT2D eigenvalue weighted by atomic mass is 9.50.